The number of nitrogens with zero attached hydrogens (tertiary/aromatic N) is 3. The topological polar surface area (TPSA) is 65.8 Å². The first-order chi connectivity index (χ1) is 10.1. The van der Waals surface area contributed by atoms with Crippen LogP contribution in [0.3, 0.4) is 0 Å². The summed E-state index contributed by atoms with van der Waals surface area (Å²) in [6, 6.07) is 0. The lowest BCUT2D eigenvalue weighted by molar-refractivity contribution is -0.807. The second-order valence-corrected chi connectivity index (χ2v) is 6.80. The molecule has 2 aliphatic rings. The summed E-state index contributed by atoms with van der Waals surface area (Å²) in [5.41, 5.74) is 1.81. The Morgan fingerprint density at radius 2 is 2.38 bits per heavy atom. The summed E-state index contributed by atoms with van der Waals surface area (Å²) in [4.78, 5) is 9.01. The Kier molecular flexibility index (Phi) is 4.51. The molecular weight excluding hydrogens is 356 g/mol. The van der Waals surface area contributed by atoms with Crippen LogP contribution in [-0.2, 0) is 4.74 Å². The molecule has 1 aromatic heterocycles. The lowest BCUT2D eigenvalue weighted by Crippen LogP contribution is -3.13. The minimum atomic E-state index is -0.0421. The first-order valence-corrected chi connectivity index (χ1v) is 8.81. The van der Waals surface area contributed by atoms with Crippen LogP contribution < -0.4 is 10.2 Å². The van der Waals surface area contributed by atoms with Crippen molar-refractivity contribution in [1.82, 2.24) is 9.97 Å². The zero-order chi connectivity index (χ0) is 15.0. The van der Waals surface area contributed by atoms with Crippen LogP contribution in [0.5, 0.6) is 0 Å². The highest BCUT2D eigenvalue weighted by atomic mass is 79.9. The number of ether oxygens (including phenoxy) is 1. The lowest BCUT2D eigenvalue weighted by Gasteiger charge is -2.38. The first-order valence-electron chi connectivity index (χ1n) is 6.79. The fourth-order valence-electron chi connectivity index (χ4n) is 2.58. The molecule has 2 unspecified atom stereocenters. The van der Waals surface area contributed by atoms with Crippen LogP contribution in [-0.4, -0.2) is 36.0 Å². The quantitative estimate of drug-likeness (QED) is 0.374. The van der Waals surface area contributed by atoms with Gasteiger partial charge in [-0.25, -0.2) is 15.2 Å². The molecule has 2 atom stereocenters. The summed E-state index contributed by atoms with van der Waals surface area (Å²) in [6.45, 7) is 4.07. The van der Waals surface area contributed by atoms with Gasteiger partial charge in [-0.1, -0.05) is 11.8 Å². The van der Waals surface area contributed by atoms with Crippen LogP contribution in [0.4, 0.5) is 5.82 Å². The molecule has 2 aliphatic heterocycles. The summed E-state index contributed by atoms with van der Waals surface area (Å²) >= 11 is 4.85. The molecule has 21 heavy (non-hydrogen) atoms. The SMILES string of the molecule is CSc1nc(C)c2c(n1)N(CC1CCOC1)[NH+]([O-])C(Br)=C2. The van der Waals surface area contributed by atoms with E-state index in [2.05, 4.69) is 25.9 Å². The van der Waals surface area contributed by atoms with Gasteiger partial charge >= 0.3 is 0 Å². The van der Waals surface area contributed by atoms with Gasteiger partial charge in [0, 0.05) is 34.5 Å². The number of aryl methyl sites for hydroxylation is 1. The van der Waals surface area contributed by atoms with Crippen molar-refractivity contribution in [2.45, 2.75) is 18.5 Å². The Morgan fingerprint density at radius 3 is 3.05 bits per heavy atom. The van der Waals surface area contributed by atoms with E-state index in [1.807, 2.05) is 19.3 Å². The predicted molar refractivity (Wildman–Crippen MR) is 86.1 cm³/mol. The first kappa shape index (κ1) is 15.2. The van der Waals surface area contributed by atoms with Gasteiger partial charge in [0.15, 0.2) is 15.6 Å². The van der Waals surface area contributed by atoms with Gasteiger partial charge in [0.1, 0.15) is 0 Å². The van der Waals surface area contributed by atoms with Gasteiger partial charge in [-0.15, -0.1) is 0 Å². The van der Waals surface area contributed by atoms with E-state index in [9.17, 15) is 5.21 Å². The molecule has 0 spiro atoms. The van der Waals surface area contributed by atoms with E-state index in [0.29, 0.717) is 34.7 Å². The molecule has 0 radical (unpaired) electrons. The van der Waals surface area contributed by atoms with Gasteiger partial charge < -0.3 is 9.94 Å². The summed E-state index contributed by atoms with van der Waals surface area (Å²) in [5.74, 6) is 1.08. The number of thioether (sulfide) groups is 1. The molecule has 1 aromatic rings. The maximum absolute atomic E-state index is 12.5. The lowest BCUT2D eigenvalue weighted by atomic mass is 10.1. The average Bonchev–Trinajstić information content (AvgIpc) is 2.97. The molecule has 0 saturated carbocycles. The van der Waals surface area contributed by atoms with Crippen LogP contribution >= 0.6 is 27.7 Å². The third kappa shape index (κ3) is 2.95. The third-order valence-corrected chi connectivity index (χ3v) is 4.83. The van der Waals surface area contributed by atoms with Gasteiger partial charge in [-0.3, -0.25) is 0 Å². The van der Waals surface area contributed by atoms with Crippen molar-refractivity contribution in [2.24, 2.45) is 5.92 Å². The highest BCUT2D eigenvalue weighted by Gasteiger charge is 2.31. The van der Waals surface area contributed by atoms with Gasteiger partial charge in [0.05, 0.1) is 24.4 Å². The van der Waals surface area contributed by atoms with Crippen molar-refractivity contribution in [1.29, 1.82) is 0 Å². The van der Waals surface area contributed by atoms with E-state index in [1.54, 1.807) is 5.01 Å². The summed E-state index contributed by atoms with van der Waals surface area (Å²) in [5, 5.41) is 14.9. The summed E-state index contributed by atoms with van der Waals surface area (Å²) in [6.07, 6.45) is 4.74. The van der Waals surface area contributed by atoms with Crippen LogP contribution in [0.2, 0.25) is 0 Å². The van der Waals surface area contributed by atoms with Crippen LogP contribution in [0.15, 0.2) is 9.76 Å². The molecule has 0 aliphatic carbocycles. The van der Waals surface area contributed by atoms with Crippen molar-refractivity contribution in [2.75, 3.05) is 31.0 Å². The minimum Gasteiger partial charge on any atom is -0.602 e. The number of anilines is 1. The van der Waals surface area contributed by atoms with Crippen molar-refractivity contribution in [3.05, 3.63) is 21.1 Å². The highest BCUT2D eigenvalue weighted by Crippen LogP contribution is 2.29. The van der Waals surface area contributed by atoms with Crippen LogP contribution in [0, 0.1) is 18.0 Å². The second kappa shape index (κ2) is 6.21. The van der Waals surface area contributed by atoms with E-state index in [4.69, 9.17) is 4.74 Å². The van der Waals surface area contributed by atoms with E-state index < -0.39 is 0 Å². The number of quaternary nitrogens is 1. The molecular formula is C13H17BrN4O2S. The van der Waals surface area contributed by atoms with E-state index >= 15 is 0 Å². The number of hydrogen-bond acceptors (Lipinski definition) is 6. The number of aromatic nitrogens is 2. The molecule has 1 N–H and O–H groups in total. The van der Waals surface area contributed by atoms with Crippen molar-refractivity contribution >= 4 is 39.6 Å². The maximum Gasteiger partial charge on any atom is 0.199 e. The fraction of sp³-hybridized carbons (Fsp3) is 0.538. The molecule has 114 valence electrons. The molecule has 0 bridgehead atoms. The molecule has 3 heterocycles. The molecule has 1 saturated heterocycles. The number of rotatable bonds is 3. The van der Waals surface area contributed by atoms with E-state index in [-0.39, 0.29) is 5.17 Å². The molecule has 3 rings (SSSR count). The zero-order valence-electron chi connectivity index (χ0n) is 11.9. The number of fused-ring (bicyclic) bond motifs is 1. The standard InChI is InChI=1S/C13H17BrN4O2S/c1-8-10-5-11(14)18(19)17(6-9-3-4-20-7-9)12(10)16-13(15-8)21-2/h5,9,18H,3-4,6-7H2,1-2H3. The molecule has 0 aromatic carbocycles. The molecule has 8 heteroatoms. The van der Waals surface area contributed by atoms with E-state index in [0.717, 1.165) is 24.3 Å². The molecule has 6 nitrogen and oxygen atoms in total. The van der Waals surface area contributed by atoms with Crippen molar-refractivity contribution in [3.8, 4) is 0 Å². The summed E-state index contributed by atoms with van der Waals surface area (Å²) in [7, 11) is 0. The number of hydroxylamine groups is 1. The number of nitrogens with one attached hydrogen (secondary N) is 1. The van der Waals surface area contributed by atoms with Gasteiger partial charge in [0.25, 0.3) is 0 Å². The molecule has 1 fully saturated rings. The second-order valence-electron chi connectivity index (χ2n) is 5.17. The van der Waals surface area contributed by atoms with Crippen molar-refractivity contribution < 1.29 is 9.91 Å². The Bertz CT molecular complexity index is 578. The predicted octanol–water partition coefficient (Wildman–Crippen LogP) is 1.35. The Morgan fingerprint density at radius 1 is 1.57 bits per heavy atom. The van der Waals surface area contributed by atoms with Gasteiger partial charge in [-0.05, 0) is 19.6 Å². The van der Waals surface area contributed by atoms with Gasteiger partial charge in [-0.2, -0.15) is 4.98 Å². The Labute approximate surface area is 136 Å². The number of halogens is 1. The fourth-order valence-corrected chi connectivity index (χ4v) is 3.42. The third-order valence-electron chi connectivity index (χ3n) is 3.72. The smallest absolute Gasteiger partial charge is 0.199 e. The Balaban J connectivity index is 2.00. The molecule has 0 amide bonds. The van der Waals surface area contributed by atoms with Crippen LogP contribution in [0.1, 0.15) is 17.7 Å². The monoisotopic (exact) mass is 372 g/mol. The Hall–Kier alpha value is -0.670. The largest absolute Gasteiger partial charge is 0.602 e. The van der Waals surface area contributed by atoms with Crippen molar-refractivity contribution in [3.63, 3.8) is 0 Å². The normalized spacial score (nSPS) is 25.0. The van der Waals surface area contributed by atoms with Crippen LogP contribution in [0.25, 0.3) is 6.08 Å². The zero-order valence-corrected chi connectivity index (χ0v) is 14.3. The summed E-state index contributed by atoms with van der Waals surface area (Å²) < 4.78 is 5.97. The minimum absolute atomic E-state index is 0.0421. The average molecular weight is 373 g/mol. The number of hydrogen-bond donors (Lipinski definition) is 1. The van der Waals surface area contributed by atoms with Gasteiger partial charge in [0.2, 0.25) is 0 Å². The van der Waals surface area contributed by atoms with E-state index in [1.165, 1.54) is 11.8 Å². The highest BCUT2D eigenvalue weighted by molar-refractivity contribution is 9.11. The maximum atomic E-state index is 12.5.